The van der Waals surface area contributed by atoms with E-state index in [2.05, 4.69) is 0 Å². The molecule has 8 rings (SSSR count). The van der Waals surface area contributed by atoms with Crippen LogP contribution in [-0.4, -0.2) is 61.0 Å². The summed E-state index contributed by atoms with van der Waals surface area (Å²) in [5.41, 5.74) is -0.0566. The molecular weight excluding hydrogens is 633 g/mol. The predicted octanol–water partition coefficient (Wildman–Crippen LogP) is 2.11. The largest absolute Gasteiger partial charge is 0.272 e. The quantitative estimate of drug-likeness (QED) is 0.203. The number of carbonyl (C=O) groups is 2. The van der Waals surface area contributed by atoms with Gasteiger partial charge in [0.15, 0.2) is 11.6 Å². The Hall–Kier alpha value is -5.88. The first-order valence-electron chi connectivity index (χ1n) is 16.6. The number of imide groups is 1. The Kier molecular flexibility index (Phi) is 8.14. The standard InChI is InChI=1S/C42H24B5N3O2/c43-32-31(33(44)35(46)36(47)34(32)45)37-48-30-24-14-13-23-29(30)38(49-37)50-39(51)41(25-15-5-1-6-16-25,26-17-7-2-8-18-26)42(40(50)52,27-19-9-3-10-20-27)28-21-11-4-12-22-28/h1-24H. The van der Waals surface area contributed by atoms with E-state index in [4.69, 9.17) is 49.2 Å². The second-order valence-corrected chi connectivity index (χ2v) is 12.7. The first kappa shape index (κ1) is 33.3. The minimum atomic E-state index is -1.63. The summed E-state index contributed by atoms with van der Waals surface area (Å²) in [4.78, 5) is 43.2. The Bertz CT molecular complexity index is 2310. The predicted molar refractivity (Wildman–Crippen MR) is 212 cm³/mol. The number of hydrogen-bond acceptors (Lipinski definition) is 4. The molecule has 1 aliphatic rings. The molecule has 7 aromatic rings. The smallest absolute Gasteiger partial charge is 0.251 e. The maximum Gasteiger partial charge on any atom is 0.251 e. The molecule has 0 atom stereocenters. The molecule has 10 radical (unpaired) electrons. The van der Waals surface area contributed by atoms with Crippen LogP contribution in [0.4, 0.5) is 5.82 Å². The molecule has 1 saturated heterocycles. The summed E-state index contributed by atoms with van der Waals surface area (Å²) in [6, 6.07) is 44.8. The number of nitrogens with zero attached hydrogens (tertiary/aromatic N) is 3. The molecule has 2 heterocycles. The highest BCUT2D eigenvalue weighted by atomic mass is 16.2. The monoisotopic (exact) mass is 657 g/mol. The van der Waals surface area contributed by atoms with Crippen molar-refractivity contribution in [2.45, 2.75) is 10.8 Å². The molecule has 2 amide bonds. The second kappa shape index (κ2) is 12.7. The van der Waals surface area contributed by atoms with Gasteiger partial charge < -0.3 is 0 Å². The van der Waals surface area contributed by atoms with Gasteiger partial charge in [0.1, 0.15) is 50.1 Å². The molecule has 5 nitrogen and oxygen atoms in total. The third kappa shape index (κ3) is 4.56. The van der Waals surface area contributed by atoms with Crippen LogP contribution in [0.1, 0.15) is 22.3 Å². The topological polar surface area (TPSA) is 63.2 Å². The minimum absolute atomic E-state index is 0.0182. The molecule has 0 saturated carbocycles. The maximum absolute atomic E-state index is 16.1. The van der Waals surface area contributed by atoms with Gasteiger partial charge in [-0.25, -0.2) is 14.9 Å². The average Bonchev–Trinajstić information content (AvgIpc) is 3.40. The maximum atomic E-state index is 16.1. The summed E-state index contributed by atoms with van der Waals surface area (Å²) >= 11 is 0. The molecule has 0 spiro atoms. The van der Waals surface area contributed by atoms with E-state index >= 15 is 9.59 Å². The van der Waals surface area contributed by atoms with Crippen LogP contribution in [0.5, 0.6) is 0 Å². The molecule has 0 bridgehead atoms. The van der Waals surface area contributed by atoms with Crippen LogP contribution < -0.4 is 32.2 Å². The van der Waals surface area contributed by atoms with E-state index in [-0.39, 0.29) is 44.5 Å². The molecule has 1 fully saturated rings. The van der Waals surface area contributed by atoms with Gasteiger partial charge in [0, 0.05) is 10.9 Å². The number of anilines is 1. The van der Waals surface area contributed by atoms with Crippen molar-refractivity contribution in [2.24, 2.45) is 0 Å². The lowest BCUT2D eigenvalue weighted by molar-refractivity contribution is -0.122. The van der Waals surface area contributed by atoms with Gasteiger partial charge in [0.2, 0.25) is 0 Å². The van der Waals surface area contributed by atoms with E-state index in [9.17, 15) is 0 Å². The van der Waals surface area contributed by atoms with Crippen LogP contribution in [0.3, 0.4) is 0 Å². The fraction of sp³-hybridized carbons (Fsp3) is 0.0476. The first-order chi connectivity index (χ1) is 25.2. The van der Waals surface area contributed by atoms with Crippen molar-refractivity contribution >= 4 is 95.1 Å². The van der Waals surface area contributed by atoms with E-state index in [1.807, 2.05) is 121 Å². The van der Waals surface area contributed by atoms with Crippen molar-refractivity contribution in [3.63, 3.8) is 0 Å². The van der Waals surface area contributed by atoms with E-state index in [1.165, 1.54) is 4.90 Å². The van der Waals surface area contributed by atoms with Crippen LogP contribution >= 0.6 is 0 Å². The zero-order valence-electron chi connectivity index (χ0n) is 27.9. The van der Waals surface area contributed by atoms with E-state index in [0.29, 0.717) is 33.2 Å². The fourth-order valence-corrected chi connectivity index (χ4v) is 7.82. The molecule has 6 aromatic carbocycles. The summed E-state index contributed by atoms with van der Waals surface area (Å²) in [5, 5.41) is 0.452. The van der Waals surface area contributed by atoms with Crippen LogP contribution in [0.15, 0.2) is 146 Å². The van der Waals surface area contributed by atoms with Gasteiger partial charge >= 0.3 is 0 Å². The van der Waals surface area contributed by atoms with Crippen molar-refractivity contribution in [2.75, 3.05) is 4.90 Å². The molecule has 234 valence electrons. The molecule has 1 aliphatic heterocycles. The van der Waals surface area contributed by atoms with Crippen molar-refractivity contribution in [1.29, 1.82) is 0 Å². The Labute approximate surface area is 308 Å². The highest BCUT2D eigenvalue weighted by Gasteiger charge is 2.73. The number of benzene rings is 6. The Morgan fingerprint density at radius 1 is 0.423 bits per heavy atom. The summed E-state index contributed by atoms with van der Waals surface area (Å²) in [5.74, 6) is -0.942. The Morgan fingerprint density at radius 2 is 0.769 bits per heavy atom. The summed E-state index contributed by atoms with van der Waals surface area (Å²) < 4.78 is 0. The van der Waals surface area contributed by atoms with E-state index in [0.717, 1.165) is 0 Å². The fourth-order valence-electron chi connectivity index (χ4n) is 7.82. The van der Waals surface area contributed by atoms with Crippen LogP contribution in [0.25, 0.3) is 22.3 Å². The van der Waals surface area contributed by atoms with Crippen LogP contribution in [0, 0.1) is 0 Å². The summed E-state index contributed by atoms with van der Waals surface area (Å²) in [6.45, 7) is 0. The van der Waals surface area contributed by atoms with Gasteiger partial charge in [-0.1, -0.05) is 144 Å². The number of aromatic nitrogens is 2. The number of hydrogen-bond donors (Lipinski definition) is 0. The van der Waals surface area contributed by atoms with Crippen molar-refractivity contribution < 1.29 is 9.59 Å². The van der Waals surface area contributed by atoms with Crippen molar-refractivity contribution in [1.82, 2.24) is 9.97 Å². The van der Waals surface area contributed by atoms with Crippen LogP contribution in [-0.2, 0) is 20.4 Å². The average molecular weight is 657 g/mol. The van der Waals surface area contributed by atoms with Gasteiger partial charge in [-0.15, -0.1) is 16.4 Å². The van der Waals surface area contributed by atoms with Crippen molar-refractivity contribution in [3.05, 3.63) is 168 Å². The lowest BCUT2D eigenvalue weighted by atomic mass is 9.53. The summed E-state index contributed by atoms with van der Waals surface area (Å²) in [6.07, 6.45) is 0. The lowest BCUT2D eigenvalue weighted by Crippen LogP contribution is -2.55. The van der Waals surface area contributed by atoms with Gasteiger partial charge in [-0.3, -0.25) is 9.59 Å². The Balaban J connectivity index is 1.55. The highest BCUT2D eigenvalue weighted by Crippen LogP contribution is 2.59. The van der Waals surface area contributed by atoms with Gasteiger partial charge in [0.25, 0.3) is 11.8 Å². The van der Waals surface area contributed by atoms with Crippen LogP contribution in [0.2, 0.25) is 0 Å². The molecule has 1 aromatic heterocycles. The lowest BCUT2D eigenvalue weighted by Gasteiger charge is -2.43. The number of para-hydroxylation sites is 1. The molecule has 0 aliphatic carbocycles. The number of rotatable bonds is 6. The number of amides is 2. The van der Waals surface area contributed by atoms with Gasteiger partial charge in [-0.2, -0.15) is 0 Å². The zero-order chi connectivity index (χ0) is 36.2. The molecule has 0 unspecified atom stereocenters. The molecular formula is C42H24B5N3O2. The molecule has 52 heavy (non-hydrogen) atoms. The zero-order valence-corrected chi connectivity index (χ0v) is 27.9. The van der Waals surface area contributed by atoms with E-state index < -0.39 is 22.6 Å². The number of fused-ring (bicyclic) bond motifs is 1. The molecule has 10 heteroatoms. The van der Waals surface area contributed by atoms with E-state index in [1.54, 1.807) is 24.3 Å². The second-order valence-electron chi connectivity index (χ2n) is 12.7. The van der Waals surface area contributed by atoms with Gasteiger partial charge in [-0.05, 0) is 34.4 Å². The highest BCUT2D eigenvalue weighted by molar-refractivity contribution is 6.68. The minimum Gasteiger partial charge on any atom is -0.272 e. The molecule has 0 N–H and O–H groups in total. The SMILES string of the molecule is [B]c1c([B])c([B])c(-c2nc(N3C(=O)C(c4ccccc4)(c4ccccc4)C(c4ccccc4)(c4ccccc4)C3=O)c3ccccc3n2)c([B])c1[B]. The number of carbonyl (C=O) groups excluding carboxylic acids is 2. The van der Waals surface area contributed by atoms with Gasteiger partial charge in [0.05, 0.1) is 5.52 Å². The van der Waals surface area contributed by atoms with Crippen molar-refractivity contribution in [3.8, 4) is 11.4 Å². The Morgan fingerprint density at radius 3 is 1.17 bits per heavy atom. The summed E-state index contributed by atoms with van der Waals surface area (Å²) in [7, 11) is 31.7. The third-order valence-corrected chi connectivity index (χ3v) is 10.2. The first-order valence-corrected chi connectivity index (χ1v) is 16.6. The third-order valence-electron chi connectivity index (χ3n) is 10.2. The normalized spacial score (nSPS) is 14.9.